The molecule has 4 rings (SSSR count). The van der Waals surface area contributed by atoms with Crippen molar-refractivity contribution in [3.05, 3.63) is 70.5 Å². The summed E-state index contributed by atoms with van der Waals surface area (Å²) in [6.45, 7) is 10.2. The molecule has 0 saturated carbocycles. The van der Waals surface area contributed by atoms with E-state index in [-0.39, 0.29) is 5.41 Å². The molecule has 29 heavy (non-hydrogen) atoms. The molecule has 1 unspecified atom stereocenters. The smallest absolute Gasteiger partial charge is 0.125 e. The van der Waals surface area contributed by atoms with Gasteiger partial charge in [-0.25, -0.2) is 4.98 Å². The highest BCUT2D eigenvalue weighted by atomic mass is 32.1. The fourth-order valence-electron chi connectivity index (χ4n) is 4.59. The van der Waals surface area contributed by atoms with Gasteiger partial charge in [0.15, 0.2) is 0 Å². The van der Waals surface area contributed by atoms with Crippen LogP contribution >= 0.6 is 11.3 Å². The minimum absolute atomic E-state index is 0.291. The summed E-state index contributed by atoms with van der Waals surface area (Å²) < 4.78 is 0. The van der Waals surface area contributed by atoms with Gasteiger partial charge in [-0.3, -0.25) is 4.98 Å². The third kappa shape index (κ3) is 3.41. The lowest BCUT2D eigenvalue weighted by molar-refractivity contribution is -0.127. The van der Waals surface area contributed by atoms with Gasteiger partial charge in [0.25, 0.3) is 0 Å². The molecule has 3 heterocycles. The van der Waals surface area contributed by atoms with Crippen LogP contribution in [0.3, 0.4) is 0 Å². The van der Waals surface area contributed by atoms with E-state index < -0.39 is 5.60 Å². The van der Waals surface area contributed by atoms with E-state index in [9.17, 15) is 5.11 Å². The van der Waals surface area contributed by atoms with Crippen LogP contribution in [0.2, 0.25) is 0 Å². The van der Waals surface area contributed by atoms with Crippen molar-refractivity contribution in [2.24, 2.45) is 5.41 Å². The van der Waals surface area contributed by atoms with Crippen molar-refractivity contribution >= 4 is 11.3 Å². The van der Waals surface area contributed by atoms with E-state index in [0.29, 0.717) is 5.92 Å². The molecule has 1 N–H and O–H groups in total. The summed E-state index contributed by atoms with van der Waals surface area (Å²) >= 11 is 1.61. The number of benzene rings is 1. The Kier molecular flexibility index (Phi) is 5.09. The summed E-state index contributed by atoms with van der Waals surface area (Å²) in [5.41, 5.74) is 3.57. The Bertz CT molecular complexity index is 1000. The molecule has 1 fully saturated rings. The highest BCUT2D eigenvalue weighted by Crippen LogP contribution is 2.50. The van der Waals surface area contributed by atoms with Crippen LogP contribution in [0.5, 0.6) is 0 Å². The number of hydrogen-bond acceptors (Lipinski definition) is 5. The third-order valence-corrected chi connectivity index (χ3v) is 7.14. The quantitative estimate of drug-likeness (QED) is 0.658. The van der Waals surface area contributed by atoms with Gasteiger partial charge in [0.2, 0.25) is 0 Å². The average molecular weight is 408 g/mol. The van der Waals surface area contributed by atoms with Gasteiger partial charge in [-0.15, -0.1) is 11.3 Å². The maximum Gasteiger partial charge on any atom is 0.125 e. The van der Waals surface area contributed by atoms with Gasteiger partial charge >= 0.3 is 0 Å². The summed E-state index contributed by atoms with van der Waals surface area (Å²) in [7, 11) is 2.09. The highest BCUT2D eigenvalue weighted by molar-refractivity contribution is 7.13. The van der Waals surface area contributed by atoms with Gasteiger partial charge in [0.1, 0.15) is 10.6 Å². The van der Waals surface area contributed by atoms with Crippen LogP contribution in [0, 0.1) is 12.3 Å². The SMILES string of the molecule is Cc1csc(-c2cncc(C(O)(c3ccc(C(C)C)cc3)C3(C)CN(C)C3)c2)n1. The molecule has 0 spiro atoms. The summed E-state index contributed by atoms with van der Waals surface area (Å²) in [4.78, 5) is 11.3. The van der Waals surface area contributed by atoms with Crippen molar-refractivity contribution in [3.8, 4) is 10.6 Å². The van der Waals surface area contributed by atoms with Crippen LogP contribution in [-0.4, -0.2) is 40.1 Å². The Balaban J connectivity index is 1.83. The van der Waals surface area contributed by atoms with Crippen molar-refractivity contribution in [2.75, 3.05) is 20.1 Å². The number of rotatable bonds is 5. The van der Waals surface area contributed by atoms with Gasteiger partial charge < -0.3 is 10.0 Å². The van der Waals surface area contributed by atoms with Gasteiger partial charge in [-0.2, -0.15) is 0 Å². The molecule has 1 saturated heterocycles. The predicted molar refractivity (Wildman–Crippen MR) is 119 cm³/mol. The minimum Gasteiger partial charge on any atom is -0.380 e. The molecule has 1 aliphatic rings. The Morgan fingerprint density at radius 1 is 1.14 bits per heavy atom. The Morgan fingerprint density at radius 3 is 2.38 bits per heavy atom. The van der Waals surface area contributed by atoms with Crippen LogP contribution in [0.15, 0.2) is 48.1 Å². The molecule has 0 bridgehead atoms. The second-order valence-electron chi connectivity index (χ2n) is 8.98. The first-order valence-electron chi connectivity index (χ1n) is 10.1. The van der Waals surface area contributed by atoms with Crippen LogP contribution in [0.1, 0.15) is 49.1 Å². The lowest BCUT2D eigenvalue weighted by atomic mass is 9.62. The topological polar surface area (TPSA) is 49.3 Å². The van der Waals surface area contributed by atoms with E-state index in [1.54, 1.807) is 11.3 Å². The lowest BCUT2D eigenvalue weighted by Gasteiger charge is -2.55. The number of pyridine rings is 1. The Hall–Kier alpha value is -2.08. The summed E-state index contributed by atoms with van der Waals surface area (Å²) in [6.07, 6.45) is 3.64. The highest BCUT2D eigenvalue weighted by Gasteiger charge is 2.55. The molecule has 2 aromatic heterocycles. The molecule has 1 aliphatic heterocycles. The van der Waals surface area contributed by atoms with E-state index in [2.05, 4.69) is 73.0 Å². The lowest BCUT2D eigenvalue weighted by Crippen LogP contribution is -2.63. The number of nitrogens with zero attached hydrogens (tertiary/aromatic N) is 3. The standard InChI is InChI=1S/C24H29N3OS/c1-16(2)18-6-8-20(9-7-18)24(28,23(4)14-27(5)15-23)21-10-19(11-25-12-21)22-26-17(3)13-29-22/h6-13,16,28H,14-15H2,1-5H3. The van der Waals surface area contributed by atoms with Gasteiger partial charge in [0.05, 0.1) is 0 Å². The van der Waals surface area contributed by atoms with Crippen molar-refractivity contribution in [1.82, 2.24) is 14.9 Å². The number of likely N-dealkylation sites (tertiary alicyclic amines) is 1. The second-order valence-corrected chi connectivity index (χ2v) is 9.83. The van der Waals surface area contributed by atoms with Crippen molar-refractivity contribution < 1.29 is 5.11 Å². The van der Waals surface area contributed by atoms with Gasteiger partial charge in [0, 0.05) is 53.1 Å². The van der Waals surface area contributed by atoms with Gasteiger partial charge in [-0.05, 0) is 37.1 Å². The molecule has 3 aromatic rings. The van der Waals surface area contributed by atoms with Crippen molar-refractivity contribution in [1.29, 1.82) is 0 Å². The first kappa shape index (κ1) is 20.2. The average Bonchev–Trinajstić information content (AvgIpc) is 3.13. The Labute approximate surface area is 177 Å². The van der Waals surface area contributed by atoms with Crippen molar-refractivity contribution in [3.63, 3.8) is 0 Å². The monoisotopic (exact) mass is 407 g/mol. The molecular weight excluding hydrogens is 378 g/mol. The van der Waals surface area contributed by atoms with E-state index in [1.807, 2.05) is 24.7 Å². The molecule has 0 radical (unpaired) electrons. The van der Waals surface area contributed by atoms with Crippen LogP contribution < -0.4 is 0 Å². The largest absolute Gasteiger partial charge is 0.380 e. The molecule has 0 amide bonds. The molecule has 4 nitrogen and oxygen atoms in total. The van der Waals surface area contributed by atoms with Crippen LogP contribution in [0.4, 0.5) is 0 Å². The predicted octanol–water partition coefficient (Wildman–Crippen LogP) is 4.82. The van der Waals surface area contributed by atoms with Crippen molar-refractivity contribution in [2.45, 2.75) is 39.2 Å². The molecule has 1 aromatic carbocycles. The maximum atomic E-state index is 12.3. The van der Waals surface area contributed by atoms with Gasteiger partial charge in [-0.1, -0.05) is 45.0 Å². The minimum atomic E-state index is -1.12. The zero-order valence-electron chi connectivity index (χ0n) is 17.8. The summed E-state index contributed by atoms with van der Waals surface area (Å²) in [5.74, 6) is 0.459. The zero-order chi connectivity index (χ0) is 20.8. The molecule has 0 aliphatic carbocycles. The first-order valence-corrected chi connectivity index (χ1v) is 11.0. The van der Waals surface area contributed by atoms with Crippen LogP contribution in [-0.2, 0) is 5.60 Å². The molecule has 1 atom stereocenters. The zero-order valence-corrected chi connectivity index (χ0v) is 18.6. The molecule has 5 heteroatoms. The van der Waals surface area contributed by atoms with E-state index in [1.165, 1.54) is 5.56 Å². The Morgan fingerprint density at radius 2 is 1.83 bits per heavy atom. The normalized spacial score (nSPS) is 18.4. The van der Waals surface area contributed by atoms with E-state index >= 15 is 0 Å². The number of aryl methyl sites for hydroxylation is 1. The summed E-state index contributed by atoms with van der Waals surface area (Å²) in [6, 6.07) is 10.5. The fourth-order valence-corrected chi connectivity index (χ4v) is 5.37. The third-order valence-electron chi connectivity index (χ3n) is 6.13. The van der Waals surface area contributed by atoms with E-state index in [4.69, 9.17) is 0 Å². The second kappa shape index (κ2) is 7.31. The first-order chi connectivity index (χ1) is 13.7. The molecular formula is C24H29N3OS. The maximum absolute atomic E-state index is 12.3. The number of aliphatic hydroxyl groups is 1. The number of hydrogen-bond donors (Lipinski definition) is 1. The van der Waals surface area contributed by atoms with E-state index in [0.717, 1.165) is 40.5 Å². The van der Waals surface area contributed by atoms with Crippen LogP contribution in [0.25, 0.3) is 10.6 Å². The molecule has 152 valence electrons. The fraction of sp³-hybridized carbons (Fsp3) is 0.417. The number of aromatic nitrogens is 2. The summed E-state index contributed by atoms with van der Waals surface area (Å²) in [5, 5.41) is 15.3. The number of thiazole rings is 1.